The fraction of sp³-hybridized carbons (Fsp3) is 0.417. The molecule has 2 saturated heterocycles. The lowest BCUT2D eigenvalue weighted by molar-refractivity contribution is 0.147. The summed E-state index contributed by atoms with van der Waals surface area (Å²) in [6.45, 7) is 1.92. The van der Waals surface area contributed by atoms with Gasteiger partial charge in [0.2, 0.25) is 0 Å². The normalized spacial score (nSPS) is 29.2. The first-order chi connectivity index (χ1) is 8.46. The molecule has 0 radical (unpaired) electrons. The van der Waals surface area contributed by atoms with Gasteiger partial charge in [0.1, 0.15) is 6.10 Å². The summed E-state index contributed by atoms with van der Waals surface area (Å²) in [6.07, 6.45) is -0.978. The van der Waals surface area contributed by atoms with Crippen molar-refractivity contribution in [3.05, 3.63) is 29.8 Å². The van der Waals surface area contributed by atoms with Gasteiger partial charge in [0, 0.05) is 5.69 Å². The Kier molecular flexibility index (Phi) is 2.38. The molecule has 0 saturated carbocycles. The number of amides is 1. The quantitative estimate of drug-likeness (QED) is 0.765. The average molecular weight is 267 g/mol. The highest BCUT2D eigenvalue weighted by Gasteiger charge is 2.51. The molecule has 1 aromatic rings. The minimum absolute atomic E-state index is 0.0165. The first kappa shape index (κ1) is 11.5. The maximum Gasteiger partial charge on any atom is 0.415 e. The van der Waals surface area contributed by atoms with E-state index >= 15 is 0 Å². The van der Waals surface area contributed by atoms with Gasteiger partial charge in [-0.15, -0.1) is 0 Å². The molecular formula is C12H13NO4S. The number of hydrogen-bond acceptors (Lipinski definition) is 4. The fourth-order valence-corrected chi connectivity index (χ4v) is 4.36. The number of carbonyl (C=O) groups is 1. The summed E-state index contributed by atoms with van der Waals surface area (Å²) < 4.78 is 28.3. The zero-order valence-electron chi connectivity index (χ0n) is 9.87. The Hall–Kier alpha value is -1.56. The smallest absolute Gasteiger partial charge is 0.415 e. The zero-order chi connectivity index (χ0) is 12.9. The van der Waals surface area contributed by atoms with Crippen LogP contribution in [0.5, 0.6) is 0 Å². The molecule has 2 heterocycles. The zero-order valence-corrected chi connectivity index (χ0v) is 10.7. The molecule has 0 aliphatic carbocycles. The Morgan fingerprint density at radius 1 is 1.33 bits per heavy atom. The summed E-state index contributed by atoms with van der Waals surface area (Å²) in [4.78, 5) is 13.3. The van der Waals surface area contributed by atoms with E-state index in [1.165, 1.54) is 4.90 Å². The van der Waals surface area contributed by atoms with Crippen molar-refractivity contribution in [2.45, 2.75) is 19.1 Å². The van der Waals surface area contributed by atoms with Crippen molar-refractivity contribution in [2.24, 2.45) is 0 Å². The fourth-order valence-electron chi connectivity index (χ4n) is 2.55. The lowest BCUT2D eigenvalue weighted by Crippen LogP contribution is -2.36. The molecule has 3 rings (SSSR count). The summed E-state index contributed by atoms with van der Waals surface area (Å²) in [6, 6.07) is 7.03. The molecule has 0 N–H and O–H groups in total. The van der Waals surface area contributed by atoms with E-state index in [0.29, 0.717) is 5.69 Å². The largest absolute Gasteiger partial charge is 0.442 e. The van der Waals surface area contributed by atoms with Gasteiger partial charge in [0.25, 0.3) is 0 Å². The average Bonchev–Trinajstić information content (AvgIpc) is 2.68. The number of hydrogen-bond donors (Lipinski definition) is 0. The molecule has 96 valence electrons. The van der Waals surface area contributed by atoms with E-state index in [1.54, 1.807) is 6.07 Å². The van der Waals surface area contributed by atoms with Crippen molar-refractivity contribution in [1.29, 1.82) is 0 Å². The van der Waals surface area contributed by atoms with Crippen molar-refractivity contribution in [3.63, 3.8) is 0 Å². The van der Waals surface area contributed by atoms with Crippen molar-refractivity contribution in [1.82, 2.24) is 0 Å². The molecule has 0 unspecified atom stereocenters. The van der Waals surface area contributed by atoms with E-state index in [-0.39, 0.29) is 17.5 Å². The molecule has 6 heteroatoms. The number of anilines is 1. The van der Waals surface area contributed by atoms with E-state index in [1.807, 2.05) is 25.1 Å². The predicted octanol–water partition coefficient (Wildman–Crippen LogP) is 1.12. The van der Waals surface area contributed by atoms with Gasteiger partial charge < -0.3 is 4.74 Å². The van der Waals surface area contributed by atoms with Gasteiger partial charge in [0.15, 0.2) is 9.84 Å². The monoisotopic (exact) mass is 267 g/mol. The molecule has 18 heavy (non-hydrogen) atoms. The van der Waals surface area contributed by atoms with Crippen LogP contribution < -0.4 is 4.90 Å². The Bertz CT molecular complexity index is 610. The standard InChI is InChI=1S/C12H13NO4S/c1-8-3-2-4-9(5-8)13-10-6-18(15,16)7-11(10)17-12(13)14/h2-5,10-11H,6-7H2,1H3/t10-,11-/m1/s1. The van der Waals surface area contributed by atoms with E-state index in [0.717, 1.165) is 5.56 Å². The second kappa shape index (κ2) is 3.71. The third-order valence-electron chi connectivity index (χ3n) is 3.33. The van der Waals surface area contributed by atoms with Crippen LogP contribution in [0.2, 0.25) is 0 Å². The Morgan fingerprint density at radius 2 is 2.11 bits per heavy atom. The van der Waals surface area contributed by atoms with Crippen molar-refractivity contribution < 1.29 is 17.9 Å². The number of sulfone groups is 1. The van der Waals surface area contributed by atoms with Crippen LogP contribution in [0.25, 0.3) is 0 Å². The van der Waals surface area contributed by atoms with E-state index in [2.05, 4.69) is 0 Å². The van der Waals surface area contributed by atoms with Crippen LogP contribution in [-0.2, 0) is 14.6 Å². The first-order valence-electron chi connectivity index (χ1n) is 5.73. The number of benzene rings is 1. The highest BCUT2D eigenvalue weighted by molar-refractivity contribution is 7.91. The number of rotatable bonds is 1. The minimum atomic E-state index is -3.10. The lowest BCUT2D eigenvalue weighted by atomic mass is 10.1. The van der Waals surface area contributed by atoms with Gasteiger partial charge >= 0.3 is 6.09 Å². The Morgan fingerprint density at radius 3 is 2.83 bits per heavy atom. The maximum atomic E-state index is 11.8. The van der Waals surface area contributed by atoms with Gasteiger partial charge in [0.05, 0.1) is 17.5 Å². The topological polar surface area (TPSA) is 63.7 Å². The molecule has 5 nitrogen and oxygen atoms in total. The van der Waals surface area contributed by atoms with Crippen LogP contribution in [0.3, 0.4) is 0 Å². The summed E-state index contributed by atoms with van der Waals surface area (Å²) >= 11 is 0. The van der Waals surface area contributed by atoms with Crippen molar-refractivity contribution in [3.8, 4) is 0 Å². The van der Waals surface area contributed by atoms with Crippen LogP contribution in [0.4, 0.5) is 10.5 Å². The minimum Gasteiger partial charge on any atom is -0.442 e. The second-order valence-electron chi connectivity index (χ2n) is 4.78. The van der Waals surface area contributed by atoms with Gasteiger partial charge in [-0.05, 0) is 24.6 Å². The highest BCUT2D eigenvalue weighted by Crippen LogP contribution is 2.32. The lowest BCUT2D eigenvalue weighted by Gasteiger charge is -2.19. The Labute approximate surface area is 105 Å². The maximum absolute atomic E-state index is 11.8. The van der Waals surface area contributed by atoms with Gasteiger partial charge in [-0.25, -0.2) is 13.2 Å². The van der Waals surface area contributed by atoms with E-state index < -0.39 is 22.0 Å². The molecule has 1 aromatic carbocycles. The number of nitrogens with zero attached hydrogens (tertiary/aromatic N) is 1. The number of carbonyl (C=O) groups excluding carboxylic acids is 1. The molecule has 0 bridgehead atoms. The molecule has 1 amide bonds. The van der Waals surface area contributed by atoms with Crippen molar-refractivity contribution >= 4 is 21.6 Å². The van der Waals surface area contributed by atoms with E-state index in [9.17, 15) is 13.2 Å². The Balaban J connectivity index is 1.99. The highest BCUT2D eigenvalue weighted by atomic mass is 32.2. The summed E-state index contributed by atoms with van der Waals surface area (Å²) in [7, 11) is -3.10. The van der Waals surface area contributed by atoms with Crippen molar-refractivity contribution in [2.75, 3.05) is 16.4 Å². The van der Waals surface area contributed by atoms with Gasteiger partial charge in [-0.1, -0.05) is 12.1 Å². The SMILES string of the molecule is Cc1cccc(N2C(=O)O[C@@H]3CS(=O)(=O)C[C@H]32)c1. The molecule has 0 spiro atoms. The number of ether oxygens (including phenoxy) is 1. The van der Waals surface area contributed by atoms with Crippen LogP contribution in [0.15, 0.2) is 24.3 Å². The molecule has 2 atom stereocenters. The van der Waals surface area contributed by atoms with Gasteiger partial charge in [-0.3, -0.25) is 4.90 Å². The van der Waals surface area contributed by atoms with E-state index in [4.69, 9.17) is 4.74 Å². The van der Waals surface area contributed by atoms with Crippen LogP contribution in [0, 0.1) is 6.92 Å². The summed E-state index contributed by atoms with van der Waals surface area (Å²) in [5.41, 5.74) is 1.72. The molecule has 2 aliphatic heterocycles. The number of aryl methyl sites for hydroxylation is 1. The summed E-state index contributed by atoms with van der Waals surface area (Å²) in [5, 5.41) is 0. The third kappa shape index (κ3) is 1.77. The van der Waals surface area contributed by atoms with Crippen LogP contribution in [-0.4, -0.2) is 38.2 Å². The molecule has 0 aromatic heterocycles. The molecular weight excluding hydrogens is 254 g/mol. The molecule has 2 fully saturated rings. The number of fused-ring (bicyclic) bond motifs is 1. The summed E-state index contributed by atoms with van der Waals surface area (Å²) in [5.74, 6) is -0.0803. The first-order valence-corrected chi connectivity index (χ1v) is 7.55. The molecule has 2 aliphatic rings. The third-order valence-corrected chi connectivity index (χ3v) is 5.02. The van der Waals surface area contributed by atoms with Crippen LogP contribution >= 0.6 is 0 Å². The second-order valence-corrected chi connectivity index (χ2v) is 6.93. The predicted molar refractivity (Wildman–Crippen MR) is 66.4 cm³/mol. The van der Waals surface area contributed by atoms with Crippen LogP contribution in [0.1, 0.15) is 5.56 Å². The van der Waals surface area contributed by atoms with Gasteiger partial charge in [-0.2, -0.15) is 0 Å².